The predicted octanol–water partition coefficient (Wildman–Crippen LogP) is 2.82. The van der Waals surface area contributed by atoms with Crippen LogP contribution in [0.15, 0.2) is 36.4 Å². The average molecular weight is 356 g/mol. The van der Waals surface area contributed by atoms with Crippen molar-refractivity contribution in [2.24, 2.45) is 5.92 Å². The summed E-state index contributed by atoms with van der Waals surface area (Å²) >= 11 is 0. The van der Waals surface area contributed by atoms with E-state index >= 15 is 0 Å². The number of nitrogens with one attached hydrogen (secondary N) is 2. The summed E-state index contributed by atoms with van der Waals surface area (Å²) in [7, 11) is 0. The second-order valence-electron chi connectivity index (χ2n) is 6.11. The van der Waals surface area contributed by atoms with E-state index in [1.165, 1.54) is 6.07 Å². The number of amides is 2. The number of hydrogen-bond acceptors (Lipinski definition) is 3. The molecule has 0 atom stereocenters. The Balaban J connectivity index is 2.04. The van der Waals surface area contributed by atoms with Gasteiger partial charge in [0, 0.05) is 19.0 Å². The fraction of sp³-hybridized carbons (Fsp3) is 0.350. The van der Waals surface area contributed by atoms with Crippen LogP contribution in [0, 0.1) is 5.92 Å². The van der Waals surface area contributed by atoms with Gasteiger partial charge in [0.2, 0.25) is 5.91 Å². The normalized spacial score (nSPS) is 10.7. The molecule has 0 aromatic heterocycles. The number of aromatic carboxylic acids is 1. The molecule has 2 amide bonds. The standard InChI is InChI=1S/C20H24N2O4/c1-3-13(4-2)18(23)21-9-10-22-19(24)16-11-14-7-5-6-8-15(14)12-17(16)20(25)26/h5-8,11-13H,3-4,9-10H2,1-2H3,(H,21,23)(H,22,24)(H,25,26). The molecule has 0 unspecified atom stereocenters. The zero-order chi connectivity index (χ0) is 19.1. The zero-order valence-electron chi connectivity index (χ0n) is 15.0. The van der Waals surface area contributed by atoms with E-state index in [0.717, 1.165) is 23.6 Å². The highest BCUT2D eigenvalue weighted by molar-refractivity contribution is 6.08. The first-order valence-electron chi connectivity index (χ1n) is 8.79. The molecule has 0 saturated carbocycles. The Kier molecular flexibility index (Phi) is 6.72. The maximum Gasteiger partial charge on any atom is 0.336 e. The molecule has 2 aromatic rings. The third-order valence-electron chi connectivity index (χ3n) is 4.43. The largest absolute Gasteiger partial charge is 0.478 e. The van der Waals surface area contributed by atoms with Crippen LogP contribution in [0.4, 0.5) is 0 Å². The van der Waals surface area contributed by atoms with Crippen molar-refractivity contribution in [3.05, 3.63) is 47.5 Å². The van der Waals surface area contributed by atoms with Gasteiger partial charge < -0.3 is 15.7 Å². The number of carbonyl (C=O) groups is 3. The van der Waals surface area contributed by atoms with Crippen LogP contribution in [0.25, 0.3) is 10.8 Å². The molecular weight excluding hydrogens is 332 g/mol. The minimum absolute atomic E-state index is 0.0233. The Labute approximate surface area is 152 Å². The Hall–Kier alpha value is -2.89. The van der Waals surface area contributed by atoms with Crippen molar-refractivity contribution < 1.29 is 19.5 Å². The Morgan fingerprint density at radius 2 is 1.46 bits per heavy atom. The van der Waals surface area contributed by atoms with Gasteiger partial charge in [-0.1, -0.05) is 38.1 Å². The van der Waals surface area contributed by atoms with Crippen LogP contribution in [0.3, 0.4) is 0 Å². The summed E-state index contributed by atoms with van der Waals surface area (Å²) in [5, 5.41) is 16.4. The molecule has 6 nitrogen and oxygen atoms in total. The number of hydrogen-bond donors (Lipinski definition) is 3. The highest BCUT2D eigenvalue weighted by atomic mass is 16.4. The summed E-state index contributed by atoms with van der Waals surface area (Å²) in [6.07, 6.45) is 1.54. The molecule has 0 spiro atoms. The van der Waals surface area contributed by atoms with E-state index in [1.807, 2.05) is 32.0 Å². The van der Waals surface area contributed by atoms with E-state index in [2.05, 4.69) is 10.6 Å². The van der Waals surface area contributed by atoms with Gasteiger partial charge in [0.1, 0.15) is 0 Å². The third-order valence-corrected chi connectivity index (χ3v) is 4.43. The van der Waals surface area contributed by atoms with E-state index in [4.69, 9.17) is 0 Å². The summed E-state index contributed by atoms with van der Waals surface area (Å²) in [5.41, 5.74) is 0.0739. The molecule has 6 heteroatoms. The second kappa shape index (κ2) is 8.99. The highest BCUT2D eigenvalue weighted by Gasteiger charge is 2.18. The van der Waals surface area contributed by atoms with Gasteiger partial charge >= 0.3 is 5.97 Å². The van der Waals surface area contributed by atoms with Gasteiger partial charge in [-0.25, -0.2) is 4.79 Å². The van der Waals surface area contributed by atoms with Crippen LogP contribution in [0.2, 0.25) is 0 Å². The number of carbonyl (C=O) groups excluding carboxylic acids is 2. The second-order valence-corrected chi connectivity index (χ2v) is 6.11. The highest BCUT2D eigenvalue weighted by Crippen LogP contribution is 2.20. The fourth-order valence-electron chi connectivity index (χ4n) is 2.87. The van der Waals surface area contributed by atoms with Crippen molar-refractivity contribution in [2.45, 2.75) is 26.7 Å². The van der Waals surface area contributed by atoms with Crippen molar-refractivity contribution in [3.8, 4) is 0 Å². The molecule has 26 heavy (non-hydrogen) atoms. The number of benzene rings is 2. The average Bonchev–Trinajstić information content (AvgIpc) is 2.64. The van der Waals surface area contributed by atoms with Gasteiger partial charge in [-0.05, 0) is 35.7 Å². The first-order valence-corrected chi connectivity index (χ1v) is 8.79. The van der Waals surface area contributed by atoms with Gasteiger partial charge in [-0.2, -0.15) is 0 Å². The number of rotatable bonds is 8. The fourth-order valence-corrected chi connectivity index (χ4v) is 2.87. The summed E-state index contributed by atoms with van der Waals surface area (Å²) < 4.78 is 0. The van der Waals surface area contributed by atoms with Gasteiger partial charge in [0.25, 0.3) is 5.91 Å². The summed E-state index contributed by atoms with van der Waals surface area (Å²) in [6, 6.07) is 10.4. The molecule has 3 N–H and O–H groups in total. The molecule has 0 bridgehead atoms. The maximum atomic E-state index is 12.4. The lowest BCUT2D eigenvalue weighted by Gasteiger charge is -2.13. The molecule has 2 rings (SSSR count). The molecular formula is C20H24N2O4. The van der Waals surface area contributed by atoms with Crippen molar-refractivity contribution in [3.63, 3.8) is 0 Å². The number of carboxylic acid groups (broad SMARTS) is 1. The van der Waals surface area contributed by atoms with Crippen molar-refractivity contribution >= 4 is 28.6 Å². The molecule has 138 valence electrons. The van der Waals surface area contributed by atoms with Crippen LogP contribution >= 0.6 is 0 Å². The van der Waals surface area contributed by atoms with Crippen LogP contribution in [-0.4, -0.2) is 36.0 Å². The quantitative estimate of drug-likeness (QED) is 0.634. The van der Waals surface area contributed by atoms with E-state index in [0.29, 0.717) is 6.54 Å². The Morgan fingerprint density at radius 3 is 2.00 bits per heavy atom. The lowest BCUT2D eigenvalue weighted by Crippen LogP contribution is -2.37. The van der Waals surface area contributed by atoms with E-state index < -0.39 is 11.9 Å². The van der Waals surface area contributed by atoms with Crippen molar-refractivity contribution in [1.82, 2.24) is 10.6 Å². The monoisotopic (exact) mass is 356 g/mol. The Morgan fingerprint density at radius 1 is 0.923 bits per heavy atom. The molecule has 0 aliphatic heterocycles. The number of carboxylic acids is 1. The van der Waals surface area contributed by atoms with Crippen LogP contribution in [0.1, 0.15) is 47.4 Å². The Bertz CT molecular complexity index is 813. The first kappa shape index (κ1) is 19.4. The SMILES string of the molecule is CCC(CC)C(=O)NCCNC(=O)c1cc2ccccc2cc1C(=O)O. The van der Waals surface area contributed by atoms with Crippen molar-refractivity contribution in [2.75, 3.05) is 13.1 Å². The third kappa shape index (κ3) is 4.59. The lowest BCUT2D eigenvalue weighted by molar-refractivity contribution is -0.125. The smallest absolute Gasteiger partial charge is 0.336 e. The number of fused-ring (bicyclic) bond motifs is 1. The lowest BCUT2D eigenvalue weighted by atomic mass is 10.0. The zero-order valence-corrected chi connectivity index (χ0v) is 15.0. The van der Waals surface area contributed by atoms with Crippen LogP contribution < -0.4 is 10.6 Å². The van der Waals surface area contributed by atoms with Gasteiger partial charge in [-0.3, -0.25) is 9.59 Å². The summed E-state index contributed by atoms with van der Waals surface area (Å²) in [5.74, 6) is -1.67. The van der Waals surface area contributed by atoms with E-state index in [-0.39, 0.29) is 29.5 Å². The summed E-state index contributed by atoms with van der Waals surface area (Å²) in [4.78, 5) is 35.8. The van der Waals surface area contributed by atoms with Crippen LogP contribution in [-0.2, 0) is 4.79 Å². The molecule has 0 saturated heterocycles. The van der Waals surface area contributed by atoms with Gasteiger partial charge in [-0.15, -0.1) is 0 Å². The summed E-state index contributed by atoms with van der Waals surface area (Å²) in [6.45, 7) is 4.46. The topological polar surface area (TPSA) is 95.5 Å². The molecule has 0 aliphatic carbocycles. The van der Waals surface area contributed by atoms with Gasteiger partial charge in [0.05, 0.1) is 11.1 Å². The van der Waals surface area contributed by atoms with Crippen LogP contribution in [0.5, 0.6) is 0 Å². The minimum Gasteiger partial charge on any atom is -0.478 e. The molecule has 0 heterocycles. The van der Waals surface area contributed by atoms with E-state index in [1.54, 1.807) is 12.1 Å². The van der Waals surface area contributed by atoms with Crippen molar-refractivity contribution in [1.29, 1.82) is 0 Å². The molecule has 0 fully saturated rings. The first-order chi connectivity index (χ1) is 12.5. The predicted molar refractivity (Wildman–Crippen MR) is 100 cm³/mol. The molecule has 0 aliphatic rings. The van der Waals surface area contributed by atoms with Gasteiger partial charge in [0.15, 0.2) is 0 Å². The van der Waals surface area contributed by atoms with E-state index in [9.17, 15) is 19.5 Å². The minimum atomic E-state index is -1.15. The molecule has 2 aromatic carbocycles. The molecule has 0 radical (unpaired) electrons. The maximum absolute atomic E-state index is 12.4.